The molecule has 1 amide bonds. The summed E-state index contributed by atoms with van der Waals surface area (Å²) in [6, 6.07) is 19.4. The zero-order valence-corrected chi connectivity index (χ0v) is 12.6. The van der Waals surface area contributed by atoms with Crippen molar-refractivity contribution in [2.75, 3.05) is 0 Å². The Morgan fingerprint density at radius 3 is 2.55 bits per heavy atom. The van der Waals surface area contributed by atoms with Gasteiger partial charge in [0.25, 0.3) is 5.91 Å². The second-order valence-corrected chi connectivity index (χ2v) is 5.30. The van der Waals surface area contributed by atoms with Gasteiger partial charge in [0.15, 0.2) is 5.11 Å². The summed E-state index contributed by atoms with van der Waals surface area (Å²) in [4.78, 5) is 15.2. The van der Waals surface area contributed by atoms with Gasteiger partial charge in [-0.05, 0) is 29.9 Å². The Morgan fingerprint density at radius 1 is 1.05 bits per heavy atom. The van der Waals surface area contributed by atoms with Gasteiger partial charge in [0.05, 0.1) is 0 Å². The predicted octanol–water partition coefficient (Wildman–Crippen LogP) is 2.97. The molecule has 0 unspecified atom stereocenters. The van der Waals surface area contributed by atoms with Crippen molar-refractivity contribution in [2.45, 2.75) is 6.54 Å². The lowest BCUT2D eigenvalue weighted by molar-refractivity contribution is 0.0972. The van der Waals surface area contributed by atoms with Crippen LogP contribution in [0.3, 0.4) is 0 Å². The van der Waals surface area contributed by atoms with Gasteiger partial charge in [0.2, 0.25) is 0 Å². The molecule has 2 aromatic carbocycles. The van der Waals surface area contributed by atoms with Gasteiger partial charge >= 0.3 is 0 Å². The van der Waals surface area contributed by atoms with E-state index < -0.39 is 0 Å². The van der Waals surface area contributed by atoms with Crippen LogP contribution in [0.4, 0.5) is 0 Å². The van der Waals surface area contributed by atoms with Crippen molar-refractivity contribution >= 4 is 34.1 Å². The zero-order chi connectivity index (χ0) is 15.4. The Hall–Kier alpha value is -2.66. The first kappa shape index (κ1) is 14.3. The highest BCUT2D eigenvalue weighted by Gasteiger charge is 2.10. The Balaban J connectivity index is 1.60. The topological polar surface area (TPSA) is 56.9 Å². The Morgan fingerprint density at radius 2 is 1.77 bits per heavy atom. The lowest BCUT2D eigenvalue weighted by Gasteiger charge is -2.08. The standard InChI is InChI=1S/C17H15N3OS/c21-16(15-10-13-8-4-5-9-14(13)19-15)20-17(22)18-11-12-6-2-1-3-7-12/h1-10,19H,11H2,(H2,18,20,21,22). The Labute approximate surface area is 133 Å². The van der Waals surface area contributed by atoms with E-state index in [1.807, 2.05) is 60.7 Å². The van der Waals surface area contributed by atoms with Gasteiger partial charge in [-0.1, -0.05) is 48.5 Å². The van der Waals surface area contributed by atoms with Crippen molar-refractivity contribution < 1.29 is 4.79 Å². The second kappa shape index (κ2) is 6.41. The zero-order valence-electron chi connectivity index (χ0n) is 11.8. The summed E-state index contributed by atoms with van der Waals surface area (Å²) < 4.78 is 0. The van der Waals surface area contributed by atoms with E-state index in [2.05, 4.69) is 15.6 Å². The number of amides is 1. The number of H-pyrrole nitrogens is 1. The molecule has 5 heteroatoms. The van der Waals surface area contributed by atoms with E-state index in [-0.39, 0.29) is 5.91 Å². The monoisotopic (exact) mass is 309 g/mol. The molecule has 0 atom stereocenters. The molecule has 3 N–H and O–H groups in total. The molecule has 0 aliphatic carbocycles. The fourth-order valence-corrected chi connectivity index (χ4v) is 2.35. The van der Waals surface area contributed by atoms with E-state index >= 15 is 0 Å². The number of carbonyl (C=O) groups excluding carboxylic acids is 1. The number of aromatic amines is 1. The maximum absolute atomic E-state index is 12.2. The van der Waals surface area contributed by atoms with Gasteiger partial charge < -0.3 is 10.3 Å². The van der Waals surface area contributed by atoms with E-state index in [0.717, 1.165) is 16.5 Å². The molecule has 3 rings (SSSR count). The van der Waals surface area contributed by atoms with Crippen LogP contribution in [0.1, 0.15) is 16.1 Å². The summed E-state index contributed by atoms with van der Waals surface area (Å²) in [5.74, 6) is -0.248. The minimum absolute atomic E-state index is 0.248. The van der Waals surface area contributed by atoms with Crippen molar-refractivity contribution in [1.82, 2.24) is 15.6 Å². The third-order valence-corrected chi connectivity index (χ3v) is 3.54. The molecular weight excluding hydrogens is 294 g/mol. The molecule has 0 aliphatic rings. The molecule has 4 nitrogen and oxygen atoms in total. The largest absolute Gasteiger partial charge is 0.358 e. The summed E-state index contributed by atoms with van der Waals surface area (Å²) >= 11 is 5.15. The number of hydrogen-bond acceptors (Lipinski definition) is 2. The highest BCUT2D eigenvalue weighted by atomic mass is 32.1. The number of fused-ring (bicyclic) bond motifs is 1. The van der Waals surface area contributed by atoms with Crippen LogP contribution in [0, 0.1) is 0 Å². The molecule has 0 radical (unpaired) electrons. The van der Waals surface area contributed by atoms with E-state index in [4.69, 9.17) is 12.2 Å². The minimum Gasteiger partial charge on any atom is -0.358 e. The Bertz CT molecular complexity index is 778. The summed E-state index contributed by atoms with van der Waals surface area (Å²) in [6.45, 7) is 0.576. The smallest absolute Gasteiger partial charge is 0.273 e. The number of carbonyl (C=O) groups is 1. The van der Waals surface area contributed by atoms with Crippen LogP contribution in [0.15, 0.2) is 60.7 Å². The fraction of sp³-hybridized carbons (Fsp3) is 0.0588. The lowest BCUT2D eigenvalue weighted by Crippen LogP contribution is -2.38. The van der Waals surface area contributed by atoms with Crippen molar-refractivity contribution in [1.29, 1.82) is 0 Å². The van der Waals surface area contributed by atoms with E-state index in [1.54, 1.807) is 0 Å². The predicted molar refractivity (Wildman–Crippen MR) is 91.6 cm³/mol. The van der Waals surface area contributed by atoms with Crippen LogP contribution < -0.4 is 10.6 Å². The highest BCUT2D eigenvalue weighted by molar-refractivity contribution is 7.80. The van der Waals surface area contributed by atoms with Gasteiger partial charge in [-0.25, -0.2) is 0 Å². The highest BCUT2D eigenvalue weighted by Crippen LogP contribution is 2.14. The number of hydrogen-bond donors (Lipinski definition) is 3. The minimum atomic E-state index is -0.248. The summed E-state index contributed by atoms with van der Waals surface area (Å²) in [6.07, 6.45) is 0. The quantitative estimate of drug-likeness (QED) is 0.652. The Kier molecular flexibility index (Phi) is 4.16. The van der Waals surface area contributed by atoms with Crippen molar-refractivity contribution in [2.24, 2.45) is 0 Å². The van der Waals surface area contributed by atoms with E-state index in [1.165, 1.54) is 0 Å². The third-order valence-electron chi connectivity index (χ3n) is 3.30. The van der Waals surface area contributed by atoms with Gasteiger partial charge in [0.1, 0.15) is 5.69 Å². The molecule has 0 saturated heterocycles. The molecule has 1 aromatic heterocycles. The average molecular weight is 309 g/mol. The number of nitrogens with one attached hydrogen (secondary N) is 3. The van der Waals surface area contributed by atoms with Crippen molar-refractivity contribution in [3.05, 3.63) is 71.9 Å². The molecule has 3 aromatic rings. The van der Waals surface area contributed by atoms with Gasteiger partial charge in [-0.15, -0.1) is 0 Å². The van der Waals surface area contributed by atoms with Crippen LogP contribution in [0.25, 0.3) is 10.9 Å². The maximum Gasteiger partial charge on any atom is 0.273 e. The van der Waals surface area contributed by atoms with Crippen molar-refractivity contribution in [3.8, 4) is 0 Å². The van der Waals surface area contributed by atoms with Gasteiger partial charge in [0, 0.05) is 17.4 Å². The molecule has 0 spiro atoms. The summed E-state index contributed by atoms with van der Waals surface area (Å²) in [5, 5.41) is 7.01. The SMILES string of the molecule is O=C(NC(=S)NCc1ccccc1)c1cc2ccccc2[nH]1. The normalized spacial score (nSPS) is 10.4. The molecule has 0 aliphatic heterocycles. The number of rotatable bonds is 3. The molecule has 0 saturated carbocycles. The maximum atomic E-state index is 12.2. The first-order valence-electron chi connectivity index (χ1n) is 6.93. The van der Waals surface area contributed by atoms with Crippen LogP contribution in [-0.2, 0) is 6.54 Å². The number of aromatic nitrogens is 1. The summed E-state index contributed by atoms with van der Waals surface area (Å²) in [7, 11) is 0. The van der Waals surface area contributed by atoms with Gasteiger partial charge in [-0.3, -0.25) is 10.1 Å². The number of para-hydroxylation sites is 1. The number of benzene rings is 2. The van der Waals surface area contributed by atoms with Crippen LogP contribution in [0.2, 0.25) is 0 Å². The molecule has 110 valence electrons. The molecule has 0 bridgehead atoms. The fourth-order valence-electron chi connectivity index (χ4n) is 2.19. The first-order chi connectivity index (χ1) is 10.7. The average Bonchev–Trinajstić information content (AvgIpc) is 2.98. The van der Waals surface area contributed by atoms with Crippen molar-refractivity contribution in [3.63, 3.8) is 0 Å². The van der Waals surface area contributed by atoms with E-state index in [0.29, 0.717) is 17.4 Å². The molecule has 0 fully saturated rings. The summed E-state index contributed by atoms with van der Waals surface area (Å²) in [5.41, 5.74) is 2.52. The first-order valence-corrected chi connectivity index (χ1v) is 7.34. The van der Waals surface area contributed by atoms with Gasteiger partial charge in [-0.2, -0.15) is 0 Å². The molecule has 1 heterocycles. The number of thiocarbonyl (C=S) groups is 1. The molecule has 22 heavy (non-hydrogen) atoms. The van der Waals surface area contributed by atoms with Crippen LogP contribution >= 0.6 is 12.2 Å². The lowest BCUT2D eigenvalue weighted by atomic mass is 10.2. The van der Waals surface area contributed by atoms with Crippen LogP contribution in [-0.4, -0.2) is 16.0 Å². The third kappa shape index (κ3) is 3.32. The van der Waals surface area contributed by atoms with Crippen LogP contribution in [0.5, 0.6) is 0 Å². The molecular formula is C17H15N3OS. The van der Waals surface area contributed by atoms with E-state index in [9.17, 15) is 4.79 Å². The second-order valence-electron chi connectivity index (χ2n) is 4.89.